The molecule has 0 aliphatic heterocycles. The van der Waals surface area contributed by atoms with Gasteiger partial charge in [-0.3, -0.25) is 5.10 Å². The minimum absolute atomic E-state index is 0.0661. The summed E-state index contributed by atoms with van der Waals surface area (Å²) in [6.45, 7) is 0. The minimum atomic E-state index is -4.33. The van der Waals surface area contributed by atoms with Crippen LogP contribution in [0.3, 0.4) is 0 Å². The molecule has 3 rings (SSSR count). The number of aryl methyl sites for hydroxylation is 1. The SMILES string of the molecule is NC1(CCc2[nH]nc3cc(C(F)(F)F)ccc23)CC1. The number of halogens is 3. The van der Waals surface area contributed by atoms with E-state index in [1.165, 1.54) is 6.07 Å². The van der Waals surface area contributed by atoms with E-state index >= 15 is 0 Å². The molecule has 1 aliphatic rings. The van der Waals surface area contributed by atoms with Crippen LogP contribution in [0.4, 0.5) is 13.2 Å². The molecule has 0 saturated heterocycles. The molecule has 0 bridgehead atoms. The lowest BCUT2D eigenvalue weighted by molar-refractivity contribution is -0.137. The summed E-state index contributed by atoms with van der Waals surface area (Å²) < 4.78 is 37.7. The maximum Gasteiger partial charge on any atom is 0.416 e. The number of nitrogens with zero attached hydrogens (tertiary/aromatic N) is 1. The summed E-state index contributed by atoms with van der Waals surface area (Å²) in [5.41, 5.74) is 6.48. The van der Waals surface area contributed by atoms with Crippen LogP contribution >= 0.6 is 0 Å². The van der Waals surface area contributed by atoms with Crippen LogP contribution in [0.1, 0.15) is 30.5 Å². The Balaban J connectivity index is 1.87. The highest BCUT2D eigenvalue weighted by Gasteiger charge is 2.37. The van der Waals surface area contributed by atoms with Gasteiger partial charge in [0, 0.05) is 16.6 Å². The van der Waals surface area contributed by atoms with Gasteiger partial charge in [0.15, 0.2) is 0 Å². The fourth-order valence-electron chi connectivity index (χ4n) is 2.22. The third kappa shape index (κ3) is 2.45. The number of aromatic nitrogens is 2. The van der Waals surface area contributed by atoms with Gasteiger partial charge < -0.3 is 5.73 Å². The molecule has 0 radical (unpaired) electrons. The number of hydrogen-bond acceptors (Lipinski definition) is 2. The molecule has 0 atom stereocenters. The summed E-state index contributed by atoms with van der Waals surface area (Å²) in [7, 11) is 0. The van der Waals surface area contributed by atoms with Gasteiger partial charge in [0.2, 0.25) is 0 Å². The summed E-state index contributed by atoms with van der Waals surface area (Å²) in [6.07, 6.45) is -0.721. The molecular weight excluding hydrogens is 255 g/mol. The smallest absolute Gasteiger partial charge is 0.325 e. The van der Waals surface area contributed by atoms with Crippen molar-refractivity contribution in [1.29, 1.82) is 0 Å². The number of rotatable bonds is 3. The largest absolute Gasteiger partial charge is 0.416 e. The summed E-state index contributed by atoms with van der Waals surface area (Å²) in [5, 5.41) is 7.52. The Labute approximate surface area is 108 Å². The van der Waals surface area contributed by atoms with Gasteiger partial charge in [0.1, 0.15) is 0 Å². The van der Waals surface area contributed by atoms with Crippen molar-refractivity contribution < 1.29 is 13.2 Å². The van der Waals surface area contributed by atoms with Crippen molar-refractivity contribution in [2.45, 2.75) is 37.4 Å². The Morgan fingerprint density at radius 2 is 2.05 bits per heavy atom. The van der Waals surface area contributed by atoms with Crippen molar-refractivity contribution >= 4 is 10.9 Å². The third-order valence-corrected chi connectivity index (χ3v) is 3.73. The monoisotopic (exact) mass is 269 g/mol. The van der Waals surface area contributed by atoms with Crippen LogP contribution < -0.4 is 5.73 Å². The van der Waals surface area contributed by atoms with E-state index in [-0.39, 0.29) is 5.54 Å². The molecule has 1 aliphatic carbocycles. The average molecular weight is 269 g/mol. The normalized spacial score (nSPS) is 17.9. The standard InChI is InChI=1S/C13H14F3N3/c14-13(15,16)8-1-2-9-10(18-19-11(9)7-8)3-4-12(17)5-6-12/h1-2,7H,3-6,17H2,(H,18,19). The zero-order chi connectivity index (χ0) is 13.7. The molecule has 0 spiro atoms. The van der Waals surface area contributed by atoms with E-state index in [0.29, 0.717) is 5.52 Å². The summed E-state index contributed by atoms with van der Waals surface area (Å²) in [6, 6.07) is 3.65. The number of hydrogen-bond donors (Lipinski definition) is 2. The second kappa shape index (κ2) is 3.96. The van der Waals surface area contributed by atoms with Gasteiger partial charge in [-0.15, -0.1) is 0 Å². The first-order chi connectivity index (χ1) is 8.87. The van der Waals surface area contributed by atoms with E-state index < -0.39 is 11.7 Å². The molecule has 19 heavy (non-hydrogen) atoms. The van der Waals surface area contributed by atoms with E-state index in [0.717, 1.165) is 48.9 Å². The van der Waals surface area contributed by atoms with E-state index in [4.69, 9.17) is 5.73 Å². The van der Waals surface area contributed by atoms with Crippen molar-refractivity contribution in [3.63, 3.8) is 0 Å². The van der Waals surface area contributed by atoms with Gasteiger partial charge in [-0.25, -0.2) is 0 Å². The van der Waals surface area contributed by atoms with Crippen LogP contribution in [0, 0.1) is 0 Å². The van der Waals surface area contributed by atoms with Crippen molar-refractivity contribution in [3.8, 4) is 0 Å². The van der Waals surface area contributed by atoms with Crippen LogP contribution in [0.15, 0.2) is 18.2 Å². The number of fused-ring (bicyclic) bond motifs is 1. The maximum absolute atomic E-state index is 12.6. The summed E-state index contributed by atoms with van der Waals surface area (Å²) in [4.78, 5) is 0. The highest BCUT2D eigenvalue weighted by atomic mass is 19.4. The van der Waals surface area contributed by atoms with Gasteiger partial charge in [0.05, 0.1) is 11.1 Å². The molecule has 0 unspecified atom stereocenters. The van der Waals surface area contributed by atoms with Crippen LogP contribution in [0.25, 0.3) is 10.9 Å². The molecule has 2 aromatic rings. The highest BCUT2D eigenvalue weighted by molar-refractivity contribution is 5.82. The van der Waals surface area contributed by atoms with E-state index in [1.54, 1.807) is 0 Å². The fraction of sp³-hybridized carbons (Fsp3) is 0.462. The molecule has 6 heteroatoms. The Morgan fingerprint density at radius 3 is 2.68 bits per heavy atom. The third-order valence-electron chi connectivity index (χ3n) is 3.73. The first-order valence-electron chi connectivity index (χ1n) is 6.21. The maximum atomic E-state index is 12.6. The fourth-order valence-corrected chi connectivity index (χ4v) is 2.22. The van der Waals surface area contributed by atoms with Gasteiger partial charge in [0.25, 0.3) is 0 Å². The lowest BCUT2D eigenvalue weighted by Crippen LogP contribution is -2.22. The van der Waals surface area contributed by atoms with Crippen molar-refractivity contribution in [1.82, 2.24) is 10.2 Å². The predicted molar refractivity (Wildman–Crippen MR) is 65.6 cm³/mol. The van der Waals surface area contributed by atoms with Crippen molar-refractivity contribution in [2.75, 3.05) is 0 Å². The highest BCUT2D eigenvalue weighted by Crippen LogP contribution is 2.37. The molecule has 3 nitrogen and oxygen atoms in total. The Hall–Kier alpha value is -1.56. The molecule has 1 saturated carbocycles. The molecule has 0 amide bonds. The van der Waals surface area contributed by atoms with Crippen molar-refractivity contribution in [3.05, 3.63) is 29.5 Å². The Kier molecular flexibility index (Phi) is 2.60. The predicted octanol–water partition coefficient (Wildman–Crippen LogP) is 3.01. The van der Waals surface area contributed by atoms with Crippen LogP contribution in [0.5, 0.6) is 0 Å². The molecular formula is C13H14F3N3. The van der Waals surface area contributed by atoms with E-state index in [9.17, 15) is 13.2 Å². The summed E-state index contributed by atoms with van der Waals surface area (Å²) >= 11 is 0. The number of alkyl halides is 3. The van der Waals surface area contributed by atoms with Gasteiger partial charge in [-0.05, 0) is 37.8 Å². The Bertz CT molecular complexity index is 611. The van der Waals surface area contributed by atoms with Gasteiger partial charge in [-0.1, -0.05) is 6.07 Å². The average Bonchev–Trinajstić information content (AvgIpc) is 2.94. The second-order valence-electron chi connectivity index (χ2n) is 5.29. The molecule has 1 aromatic heterocycles. The molecule has 1 heterocycles. The van der Waals surface area contributed by atoms with E-state index in [2.05, 4.69) is 10.2 Å². The summed E-state index contributed by atoms with van der Waals surface area (Å²) in [5.74, 6) is 0. The van der Waals surface area contributed by atoms with Crippen molar-refractivity contribution in [2.24, 2.45) is 5.73 Å². The second-order valence-corrected chi connectivity index (χ2v) is 5.29. The zero-order valence-electron chi connectivity index (χ0n) is 10.2. The first kappa shape index (κ1) is 12.5. The first-order valence-corrected chi connectivity index (χ1v) is 6.21. The van der Waals surface area contributed by atoms with Crippen LogP contribution in [-0.2, 0) is 12.6 Å². The van der Waals surface area contributed by atoms with E-state index in [1.807, 2.05) is 0 Å². The molecule has 1 fully saturated rings. The number of aromatic amines is 1. The molecule has 1 aromatic carbocycles. The Morgan fingerprint density at radius 1 is 1.32 bits per heavy atom. The number of benzene rings is 1. The minimum Gasteiger partial charge on any atom is -0.325 e. The van der Waals surface area contributed by atoms with Gasteiger partial charge >= 0.3 is 6.18 Å². The quantitative estimate of drug-likeness (QED) is 0.900. The van der Waals surface area contributed by atoms with Crippen LogP contribution in [0.2, 0.25) is 0 Å². The lowest BCUT2D eigenvalue weighted by atomic mass is 10.0. The number of nitrogens with two attached hydrogens (primary N) is 1. The lowest BCUT2D eigenvalue weighted by Gasteiger charge is -2.07. The topological polar surface area (TPSA) is 54.7 Å². The zero-order valence-corrected chi connectivity index (χ0v) is 10.2. The number of H-pyrrole nitrogens is 1. The molecule has 3 N–H and O–H groups in total. The van der Waals surface area contributed by atoms with Gasteiger partial charge in [-0.2, -0.15) is 18.3 Å². The van der Waals surface area contributed by atoms with Crippen LogP contribution in [-0.4, -0.2) is 15.7 Å². The number of nitrogens with one attached hydrogen (secondary N) is 1. The molecule has 102 valence electrons.